The lowest BCUT2D eigenvalue weighted by atomic mass is 10.1. The maximum atomic E-state index is 15.4. The van der Waals surface area contributed by atoms with Crippen LogP contribution in [0, 0.1) is 11.6 Å². The molecule has 0 radical (unpaired) electrons. The van der Waals surface area contributed by atoms with Gasteiger partial charge in [0.2, 0.25) is 5.95 Å². The van der Waals surface area contributed by atoms with E-state index in [-0.39, 0.29) is 23.1 Å². The van der Waals surface area contributed by atoms with Gasteiger partial charge in [-0.15, -0.1) is 4.36 Å². The van der Waals surface area contributed by atoms with Crippen molar-refractivity contribution in [3.05, 3.63) is 84.1 Å². The number of benzene rings is 3. The number of anilines is 5. The Morgan fingerprint density at radius 3 is 2.41 bits per heavy atom. The van der Waals surface area contributed by atoms with Crippen LogP contribution in [0.1, 0.15) is 12.5 Å². The molecule has 4 N–H and O–H groups in total. The van der Waals surface area contributed by atoms with Crippen molar-refractivity contribution in [2.24, 2.45) is 4.36 Å². The van der Waals surface area contributed by atoms with E-state index in [4.69, 9.17) is 4.74 Å². The van der Waals surface area contributed by atoms with Gasteiger partial charge in [0.25, 0.3) is 0 Å². The van der Waals surface area contributed by atoms with Gasteiger partial charge < -0.3 is 30.9 Å². The van der Waals surface area contributed by atoms with Crippen molar-refractivity contribution in [1.82, 2.24) is 19.8 Å². The normalized spacial score (nSPS) is 14.8. The van der Waals surface area contributed by atoms with Crippen LogP contribution in [0.5, 0.6) is 0 Å². The minimum absolute atomic E-state index is 0.0814. The first-order valence-corrected chi connectivity index (χ1v) is 18.6. The first-order valence-electron chi connectivity index (χ1n) is 16.6. The molecular formula is C35H38F5N9O4S. The summed E-state index contributed by atoms with van der Waals surface area (Å²) < 4.78 is 90.5. The number of carbonyl (C=O) groups excluding carboxylic acids is 2. The molecule has 0 aliphatic carbocycles. The molecule has 0 bridgehead atoms. The summed E-state index contributed by atoms with van der Waals surface area (Å²) in [7, 11) is -1.08. The van der Waals surface area contributed by atoms with E-state index in [0.29, 0.717) is 53.9 Å². The Balaban J connectivity index is 1.37. The molecule has 0 saturated carbocycles. The van der Waals surface area contributed by atoms with Crippen LogP contribution in [0.3, 0.4) is 0 Å². The number of halogens is 5. The van der Waals surface area contributed by atoms with Crippen molar-refractivity contribution in [3.63, 3.8) is 0 Å². The fourth-order valence-corrected chi connectivity index (χ4v) is 6.45. The van der Waals surface area contributed by atoms with Crippen LogP contribution in [0.25, 0.3) is 11.1 Å². The average molecular weight is 776 g/mol. The van der Waals surface area contributed by atoms with E-state index in [2.05, 4.69) is 47.1 Å². The fraction of sp³-hybridized carbons (Fsp3) is 0.314. The van der Waals surface area contributed by atoms with Gasteiger partial charge in [-0.05, 0) is 68.1 Å². The van der Waals surface area contributed by atoms with E-state index in [1.54, 1.807) is 31.2 Å². The van der Waals surface area contributed by atoms with E-state index in [0.717, 1.165) is 32.2 Å². The minimum atomic E-state index is -4.77. The van der Waals surface area contributed by atoms with E-state index >= 15 is 4.39 Å². The maximum Gasteiger partial charge on any atom is 0.442 e. The number of hydrogen-bond donors (Lipinski definition) is 4. The summed E-state index contributed by atoms with van der Waals surface area (Å²) >= 11 is 0. The number of amides is 3. The summed E-state index contributed by atoms with van der Waals surface area (Å²) in [4.78, 5) is 38.3. The van der Waals surface area contributed by atoms with Gasteiger partial charge in [0.1, 0.15) is 17.5 Å². The SMILES string of the molecule is CCOC(=O)N=[S@](C)(=O)c1cccc(Nc2ncc(-c3ccc(NC(=O)Nc4cc(C(F)(F)F)ccc4F)c(F)c3)c(NCCN3CCN(C)CC3)n2)c1. The number of likely N-dealkylation sites (N-methyl/N-ethyl adjacent to an activating group) is 1. The first-order chi connectivity index (χ1) is 25.6. The molecule has 1 fully saturated rings. The molecule has 0 spiro atoms. The lowest BCUT2D eigenvalue weighted by Gasteiger charge is -2.32. The molecule has 1 atom stereocenters. The first kappa shape index (κ1) is 39.8. The highest BCUT2D eigenvalue weighted by Gasteiger charge is 2.31. The molecule has 1 aliphatic rings. The molecule has 5 rings (SSSR count). The average Bonchev–Trinajstić information content (AvgIpc) is 3.11. The van der Waals surface area contributed by atoms with Crippen LogP contribution in [0.2, 0.25) is 0 Å². The van der Waals surface area contributed by atoms with Crippen LogP contribution >= 0.6 is 0 Å². The summed E-state index contributed by atoms with van der Waals surface area (Å²) in [5.41, 5.74) is -1.06. The molecule has 1 aromatic heterocycles. The number of ether oxygens (including phenoxy) is 1. The Morgan fingerprint density at radius 1 is 0.963 bits per heavy atom. The van der Waals surface area contributed by atoms with Gasteiger partial charge in [-0.3, -0.25) is 4.90 Å². The van der Waals surface area contributed by atoms with Gasteiger partial charge in [-0.25, -0.2) is 27.6 Å². The molecule has 54 heavy (non-hydrogen) atoms. The lowest BCUT2D eigenvalue weighted by Crippen LogP contribution is -2.45. The Morgan fingerprint density at radius 2 is 1.70 bits per heavy atom. The Hall–Kier alpha value is -5.40. The standard InChI is InChI=1S/C35H38F5N9O4S/c1-4-53-34(51)47-54(3,52)25-7-5-6-24(20-25)43-32-42-21-26(31(46-32)41-12-13-49-16-14-48(2)15-17-49)22-8-11-29(28(37)18-22)44-33(50)45-30-19-23(35(38,39)40)9-10-27(30)36/h5-11,18-21H,4,12-17H2,1-3H3,(H2,44,45,50)(H2,41,42,43,46)/t54-/m1/s1. The summed E-state index contributed by atoms with van der Waals surface area (Å²) in [5.74, 6) is -1.53. The molecule has 288 valence electrons. The van der Waals surface area contributed by atoms with Crippen molar-refractivity contribution in [2.45, 2.75) is 18.0 Å². The molecule has 19 heteroatoms. The molecule has 1 saturated heterocycles. The van der Waals surface area contributed by atoms with Gasteiger partial charge in [-0.2, -0.15) is 18.2 Å². The van der Waals surface area contributed by atoms with Crippen LogP contribution in [-0.2, 0) is 20.6 Å². The quantitative estimate of drug-likeness (QED) is 0.116. The molecule has 1 aliphatic heterocycles. The van der Waals surface area contributed by atoms with Crippen molar-refractivity contribution in [1.29, 1.82) is 0 Å². The third-order valence-corrected chi connectivity index (χ3v) is 9.85. The zero-order valence-electron chi connectivity index (χ0n) is 29.5. The lowest BCUT2D eigenvalue weighted by molar-refractivity contribution is -0.137. The fourth-order valence-electron chi connectivity index (χ4n) is 5.33. The molecule has 13 nitrogen and oxygen atoms in total. The number of nitrogens with one attached hydrogen (secondary N) is 4. The van der Waals surface area contributed by atoms with Crippen LogP contribution in [0.4, 0.5) is 60.4 Å². The summed E-state index contributed by atoms with van der Waals surface area (Å²) in [5, 5.41) is 10.5. The smallest absolute Gasteiger partial charge is 0.442 e. The second kappa shape index (κ2) is 17.2. The highest BCUT2D eigenvalue weighted by atomic mass is 32.2. The predicted octanol–water partition coefficient (Wildman–Crippen LogP) is 7.10. The number of carbonyl (C=O) groups is 2. The summed E-state index contributed by atoms with van der Waals surface area (Å²) in [6.07, 6.45) is -2.93. The van der Waals surface area contributed by atoms with Gasteiger partial charge in [0.05, 0.1) is 33.3 Å². The highest BCUT2D eigenvalue weighted by Crippen LogP contribution is 2.33. The number of aromatic nitrogens is 2. The minimum Gasteiger partial charge on any atom is -0.448 e. The molecule has 0 unspecified atom stereocenters. The van der Waals surface area contributed by atoms with Crippen molar-refractivity contribution >= 4 is 50.7 Å². The molecule has 4 aromatic rings. The third kappa shape index (κ3) is 10.6. The van der Waals surface area contributed by atoms with Gasteiger partial charge in [-0.1, -0.05) is 12.1 Å². The van der Waals surface area contributed by atoms with Crippen LogP contribution in [0.15, 0.2) is 76.1 Å². The molecule has 3 aromatic carbocycles. The number of alkyl halides is 3. The molecular weight excluding hydrogens is 738 g/mol. The maximum absolute atomic E-state index is 15.4. The van der Waals surface area contributed by atoms with Crippen LogP contribution < -0.4 is 21.3 Å². The van der Waals surface area contributed by atoms with Crippen molar-refractivity contribution in [2.75, 3.05) is 80.4 Å². The number of urea groups is 1. The second-order valence-electron chi connectivity index (χ2n) is 12.2. The highest BCUT2D eigenvalue weighted by molar-refractivity contribution is 7.93. The van der Waals surface area contributed by atoms with Crippen LogP contribution in [-0.4, -0.2) is 95.3 Å². The van der Waals surface area contributed by atoms with E-state index in [9.17, 15) is 31.4 Å². The number of nitrogens with zero attached hydrogens (tertiary/aromatic N) is 5. The molecule has 2 heterocycles. The number of hydrogen-bond acceptors (Lipinski definition) is 10. The topological polar surface area (TPSA) is 153 Å². The zero-order chi connectivity index (χ0) is 39.0. The summed E-state index contributed by atoms with van der Waals surface area (Å²) in [6.45, 7) is 6.48. The Bertz CT molecular complexity index is 2120. The second-order valence-corrected chi connectivity index (χ2v) is 14.5. The predicted molar refractivity (Wildman–Crippen MR) is 195 cm³/mol. The third-order valence-electron chi connectivity index (χ3n) is 8.22. The largest absolute Gasteiger partial charge is 0.448 e. The molecule has 3 amide bonds. The Kier molecular flexibility index (Phi) is 12.7. The van der Waals surface area contributed by atoms with E-state index in [1.165, 1.54) is 24.6 Å². The number of rotatable bonds is 11. The monoisotopic (exact) mass is 775 g/mol. The number of piperazine rings is 1. The summed E-state index contributed by atoms with van der Waals surface area (Å²) in [6, 6.07) is 10.6. The van der Waals surface area contributed by atoms with Gasteiger partial charge >= 0.3 is 18.3 Å². The van der Waals surface area contributed by atoms with Gasteiger partial charge in [0, 0.05) is 67.9 Å². The van der Waals surface area contributed by atoms with E-state index < -0.39 is 50.9 Å². The van der Waals surface area contributed by atoms with Gasteiger partial charge in [0.15, 0.2) is 0 Å². The van der Waals surface area contributed by atoms with Crippen molar-refractivity contribution in [3.8, 4) is 11.1 Å². The Labute approximate surface area is 308 Å². The van der Waals surface area contributed by atoms with Crippen molar-refractivity contribution < 1.29 is 40.5 Å². The van der Waals surface area contributed by atoms with E-state index in [1.807, 2.05) is 5.32 Å². The zero-order valence-corrected chi connectivity index (χ0v) is 30.3.